The molecule has 1 aromatic carbocycles. The second-order valence-electron chi connectivity index (χ2n) is 6.18. The van der Waals surface area contributed by atoms with Crippen LogP contribution < -0.4 is 9.64 Å². The Morgan fingerprint density at radius 3 is 2.46 bits per heavy atom. The van der Waals surface area contributed by atoms with Crippen molar-refractivity contribution in [1.29, 1.82) is 0 Å². The molecule has 1 fully saturated rings. The van der Waals surface area contributed by atoms with E-state index in [9.17, 15) is 0 Å². The smallest absolute Gasteiger partial charge is 0.156 e. The van der Waals surface area contributed by atoms with Crippen LogP contribution in [0.2, 0.25) is 0 Å². The molecule has 1 aliphatic rings. The number of piperidine rings is 1. The van der Waals surface area contributed by atoms with Gasteiger partial charge in [0.15, 0.2) is 5.82 Å². The van der Waals surface area contributed by atoms with Gasteiger partial charge < -0.3 is 9.64 Å². The molecule has 5 nitrogen and oxygen atoms in total. The van der Waals surface area contributed by atoms with E-state index in [2.05, 4.69) is 38.9 Å². The van der Waals surface area contributed by atoms with E-state index in [1.165, 1.54) is 5.56 Å². The van der Waals surface area contributed by atoms with Gasteiger partial charge in [-0.05, 0) is 25.1 Å². The minimum absolute atomic E-state index is 0.255. The summed E-state index contributed by atoms with van der Waals surface area (Å²) >= 11 is 0. The van der Waals surface area contributed by atoms with Crippen molar-refractivity contribution in [1.82, 2.24) is 15.0 Å². The summed E-state index contributed by atoms with van der Waals surface area (Å²) in [6.45, 7) is 3.92. The van der Waals surface area contributed by atoms with E-state index >= 15 is 0 Å². The minimum atomic E-state index is 0.255. The summed E-state index contributed by atoms with van der Waals surface area (Å²) in [7, 11) is 0. The van der Waals surface area contributed by atoms with Crippen molar-refractivity contribution >= 4 is 16.9 Å². The molecule has 0 aliphatic carbocycles. The quantitative estimate of drug-likeness (QED) is 0.740. The average Bonchev–Trinajstić information content (AvgIpc) is 2.64. The Labute approximate surface area is 141 Å². The van der Waals surface area contributed by atoms with Crippen molar-refractivity contribution in [2.24, 2.45) is 0 Å². The summed E-state index contributed by atoms with van der Waals surface area (Å²) in [5.74, 6) is 1.88. The molecule has 0 bridgehead atoms. The monoisotopic (exact) mass is 320 g/mol. The molecule has 0 N–H and O–H groups in total. The van der Waals surface area contributed by atoms with Crippen LogP contribution in [0.4, 0.5) is 5.82 Å². The number of pyridine rings is 1. The Balaban J connectivity index is 1.45. The molecule has 0 atom stereocenters. The molecule has 2 aromatic heterocycles. The number of aromatic nitrogens is 3. The number of nitrogens with zero attached hydrogens (tertiary/aromatic N) is 4. The van der Waals surface area contributed by atoms with E-state index in [4.69, 9.17) is 4.74 Å². The van der Waals surface area contributed by atoms with E-state index in [0.29, 0.717) is 0 Å². The highest BCUT2D eigenvalue weighted by Crippen LogP contribution is 2.26. The van der Waals surface area contributed by atoms with Crippen LogP contribution in [0.15, 0.2) is 48.9 Å². The fourth-order valence-electron chi connectivity index (χ4n) is 3.11. The fraction of sp³-hybridized carbons (Fsp3) is 0.316. The Hall–Kier alpha value is -2.69. The largest absolute Gasteiger partial charge is 0.490 e. The van der Waals surface area contributed by atoms with Gasteiger partial charge in [0, 0.05) is 44.5 Å². The summed E-state index contributed by atoms with van der Waals surface area (Å²) in [5.41, 5.74) is 3.01. The maximum atomic E-state index is 6.11. The van der Waals surface area contributed by atoms with Gasteiger partial charge in [-0.15, -0.1) is 0 Å². The van der Waals surface area contributed by atoms with Crippen LogP contribution in [-0.2, 0) is 0 Å². The molecule has 0 radical (unpaired) electrons. The van der Waals surface area contributed by atoms with Crippen LogP contribution in [0.3, 0.4) is 0 Å². The maximum absolute atomic E-state index is 6.11. The molecule has 0 saturated carbocycles. The molecule has 1 aliphatic heterocycles. The number of fused-ring (bicyclic) bond motifs is 1. The Morgan fingerprint density at radius 2 is 1.67 bits per heavy atom. The second kappa shape index (κ2) is 6.43. The number of aryl methyl sites for hydroxylation is 1. The van der Waals surface area contributed by atoms with Gasteiger partial charge >= 0.3 is 0 Å². The van der Waals surface area contributed by atoms with Gasteiger partial charge in [-0.3, -0.25) is 4.98 Å². The van der Waals surface area contributed by atoms with E-state index in [1.807, 2.05) is 18.2 Å². The molecule has 4 rings (SSSR count). The van der Waals surface area contributed by atoms with E-state index in [0.717, 1.165) is 48.5 Å². The normalized spacial score (nSPS) is 15.6. The van der Waals surface area contributed by atoms with Gasteiger partial charge in [-0.25, -0.2) is 9.97 Å². The lowest BCUT2D eigenvalue weighted by atomic mass is 10.1. The fourth-order valence-corrected chi connectivity index (χ4v) is 3.11. The lowest BCUT2D eigenvalue weighted by Crippen LogP contribution is -2.38. The summed E-state index contributed by atoms with van der Waals surface area (Å²) in [6, 6.07) is 10.2. The van der Waals surface area contributed by atoms with E-state index in [1.54, 1.807) is 18.6 Å². The number of ether oxygens (including phenoxy) is 1. The zero-order valence-corrected chi connectivity index (χ0v) is 13.7. The van der Waals surface area contributed by atoms with E-state index in [-0.39, 0.29) is 6.10 Å². The van der Waals surface area contributed by atoms with Crippen LogP contribution in [0.5, 0.6) is 5.75 Å². The first-order valence-electron chi connectivity index (χ1n) is 8.33. The van der Waals surface area contributed by atoms with Gasteiger partial charge in [0.25, 0.3) is 0 Å². The highest BCUT2D eigenvalue weighted by molar-refractivity contribution is 5.85. The average molecular weight is 320 g/mol. The van der Waals surface area contributed by atoms with Gasteiger partial charge in [-0.1, -0.05) is 17.7 Å². The van der Waals surface area contributed by atoms with E-state index < -0.39 is 0 Å². The van der Waals surface area contributed by atoms with Crippen LogP contribution >= 0.6 is 0 Å². The van der Waals surface area contributed by atoms with Crippen molar-refractivity contribution in [3.8, 4) is 5.75 Å². The SMILES string of the molecule is Cc1ccc(OC2CCN(c3nccc4nccnc34)CC2)cc1. The number of benzene rings is 1. The van der Waals surface area contributed by atoms with Gasteiger partial charge in [0.1, 0.15) is 17.4 Å². The lowest BCUT2D eigenvalue weighted by molar-refractivity contribution is 0.171. The predicted octanol–water partition coefficient (Wildman–Crippen LogP) is 3.38. The number of hydrogen-bond acceptors (Lipinski definition) is 5. The van der Waals surface area contributed by atoms with Crippen molar-refractivity contribution < 1.29 is 4.74 Å². The molecule has 1 saturated heterocycles. The van der Waals surface area contributed by atoms with Crippen molar-refractivity contribution in [2.75, 3.05) is 18.0 Å². The number of anilines is 1. The van der Waals surface area contributed by atoms with Crippen LogP contribution in [-0.4, -0.2) is 34.1 Å². The molecule has 122 valence electrons. The van der Waals surface area contributed by atoms with Gasteiger partial charge in [0.05, 0.1) is 5.52 Å². The van der Waals surface area contributed by atoms with Crippen LogP contribution in [0, 0.1) is 6.92 Å². The van der Waals surface area contributed by atoms with Crippen molar-refractivity contribution in [2.45, 2.75) is 25.9 Å². The minimum Gasteiger partial charge on any atom is -0.490 e. The Bertz CT molecular complexity index is 821. The summed E-state index contributed by atoms with van der Waals surface area (Å²) < 4.78 is 6.11. The molecule has 5 heteroatoms. The third-order valence-electron chi connectivity index (χ3n) is 4.43. The summed E-state index contributed by atoms with van der Waals surface area (Å²) in [5, 5.41) is 0. The first-order valence-corrected chi connectivity index (χ1v) is 8.33. The van der Waals surface area contributed by atoms with Crippen LogP contribution in [0.1, 0.15) is 18.4 Å². The molecule has 3 aromatic rings. The highest BCUT2D eigenvalue weighted by atomic mass is 16.5. The molecule has 0 amide bonds. The summed E-state index contributed by atoms with van der Waals surface area (Å²) in [6.07, 6.45) is 7.46. The van der Waals surface area contributed by atoms with Crippen molar-refractivity contribution in [3.63, 3.8) is 0 Å². The van der Waals surface area contributed by atoms with Crippen LogP contribution in [0.25, 0.3) is 11.0 Å². The molecule has 24 heavy (non-hydrogen) atoms. The van der Waals surface area contributed by atoms with Gasteiger partial charge in [-0.2, -0.15) is 0 Å². The molecular weight excluding hydrogens is 300 g/mol. The molecular formula is C19H20N4O. The van der Waals surface area contributed by atoms with Gasteiger partial charge in [0.2, 0.25) is 0 Å². The third-order valence-corrected chi connectivity index (χ3v) is 4.43. The molecule has 3 heterocycles. The first-order chi connectivity index (χ1) is 11.8. The lowest BCUT2D eigenvalue weighted by Gasteiger charge is -2.33. The topological polar surface area (TPSA) is 51.1 Å². The number of hydrogen-bond donors (Lipinski definition) is 0. The standard InChI is InChI=1S/C19H20N4O/c1-14-2-4-15(5-3-14)24-16-7-12-23(13-8-16)19-18-17(6-9-22-19)20-10-11-21-18/h2-6,9-11,16H,7-8,12-13H2,1H3. The van der Waals surface area contributed by atoms with Crippen molar-refractivity contribution in [3.05, 3.63) is 54.5 Å². The zero-order valence-electron chi connectivity index (χ0n) is 13.7. The second-order valence-corrected chi connectivity index (χ2v) is 6.18. The third kappa shape index (κ3) is 3.02. The maximum Gasteiger partial charge on any atom is 0.156 e. The first kappa shape index (κ1) is 14.9. The molecule has 0 unspecified atom stereocenters. The highest BCUT2D eigenvalue weighted by Gasteiger charge is 2.23. The summed E-state index contributed by atoms with van der Waals surface area (Å²) in [4.78, 5) is 15.6. The Morgan fingerprint density at radius 1 is 0.917 bits per heavy atom. The zero-order chi connectivity index (χ0) is 16.4. The Kier molecular flexibility index (Phi) is 3.99. The predicted molar refractivity (Wildman–Crippen MR) is 94.4 cm³/mol. The molecule has 0 spiro atoms. The number of rotatable bonds is 3.